The minimum atomic E-state index is -0.288. The van der Waals surface area contributed by atoms with E-state index in [1.807, 2.05) is 42.5 Å². The van der Waals surface area contributed by atoms with Crippen LogP contribution < -0.4 is 10.2 Å². The summed E-state index contributed by atoms with van der Waals surface area (Å²) >= 11 is 0. The van der Waals surface area contributed by atoms with E-state index in [4.69, 9.17) is 4.74 Å². The molecule has 1 aliphatic rings. The summed E-state index contributed by atoms with van der Waals surface area (Å²) in [7, 11) is 0. The number of carbonyl (C=O) groups excluding carboxylic acids is 3. The molecule has 5 rings (SSSR count). The first-order valence-corrected chi connectivity index (χ1v) is 15.0. The second kappa shape index (κ2) is 14.0. The first kappa shape index (κ1) is 29.1. The maximum Gasteiger partial charge on any atom is 0.305 e. The SMILES string of the molecule is CCOC(=O)CCCC(=O)c1c[nH]c2ccc(CC(=O)NC(c3ccccc3)c3ccccc3N3CCCCC3)cc12. The molecule has 1 unspecified atom stereocenters. The van der Waals surface area contributed by atoms with E-state index in [1.54, 1.807) is 13.1 Å². The van der Waals surface area contributed by atoms with Crippen molar-refractivity contribution < 1.29 is 19.1 Å². The van der Waals surface area contributed by atoms with Gasteiger partial charge in [-0.2, -0.15) is 0 Å². The van der Waals surface area contributed by atoms with Crippen LogP contribution in [-0.2, 0) is 20.7 Å². The van der Waals surface area contributed by atoms with Gasteiger partial charge in [0, 0.05) is 59.8 Å². The lowest BCUT2D eigenvalue weighted by molar-refractivity contribution is -0.143. The van der Waals surface area contributed by atoms with E-state index < -0.39 is 0 Å². The average molecular weight is 566 g/mol. The van der Waals surface area contributed by atoms with Gasteiger partial charge in [0.25, 0.3) is 0 Å². The van der Waals surface area contributed by atoms with Crippen LogP contribution in [0.2, 0.25) is 0 Å². The van der Waals surface area contributed by atoms with E-state index in [1.165, 1.54) is 24.9 Å². The van der Waals surface area contributed by atoms with E-state index in [0.717, 1.165) is 40.7 Å². The highest BCUT2D eigenvalue weighted by Crippen LogP contribution is 2.33. The van der Waals surface area contributed by atoms with Crippen LogP contribution in [0, 0.1) is 0 Å². The number of para-hydroxylation sites is 1. The Balaban J connectivity index is 1.33. The Labute approximate surface area is 247 Å². The zero-order valence-corrected chi connectivity index (χ0v) is 24.2. The van der Waals surface area contributed by atoms with Crippen molar-refractivity contribution in [2.24, 2.45) is 0 Å². The van der Waals surface area contributed by atoms with Crippen LogP contribution in [0.3, 0.4) is 0 Å². The molecule has 2 N–H and O–H groups in total. The van der Waals surface area contributed by atoms with Crippen molar-refractivity contribution in [2.75, 3.05) is 24.6 Å². The van der Waals surface area contributed by atoms with Gasteiger partial charge >= 0.3 is 5.97 Å². The van der Waals surface area contributed by atoms with Gasteiger partial charge in [-0.3, -0.25) is 14.4 Å². The van der Waals surface area contributed by atoms with Gasteiger partial charge in [0.1, 0.15) is 0 Å². The van der Waals surface area contributed by atoms with Crippen LogP contribution in [0.4, 0.5) is 5.69 Å². The molecule has 7 nitrogen and oxygen atoms in total. The highest BCUT2D eigenvalue weighted by molar-refractivity contribution is 6.08. The number of nitrogens with one attached hydrogen (secondary N) is 2. The molecule has 4 aromatic rings. The van der Waals surface area contributed by atoms with Gasteiger partial charge in [0.15, 0.2) is 5.78 Å². The summed E-state index contributed by atoms with van der Waals surface area (Å²) in [6, 6.07) is 24.0. The molecule has 3 aromatic carbocycles. The number of amides is 1. The van der Waals surface area contributed by atoms with Gasteiger partial charge in [-0.05, 0) is 61.9 Å². The molecule has 1 aliphatic heterocycles. The van der Waals surface area contributed by atoms with Crippen molar-refractivity contribution in [3.8, 4) is 0 Å². The predicted molar refractivity (Wildman–Crippen MR) is 166 cm³/mol. The van der Waals surface area contributed by atoms with Crippen LogP contribution in [-0.4, -0.2) is 42.3 Å². The van der Waals surface area contributed by atoms with Crippen LogP contribution in [0.5, 0.6) is 0 Å². The largest absolute Gasteiger partial charge is 0.466 e. The van der Waals surface area contributed by atoms with Gasteiger partial charge < -0.3 is 19.9 Å². The number of Topliss-reactive ketones (excluding diaryl/α,β-unsaturated/α-hetero) is 1. The second-order valence-electron chi connectivity index (χ2n) is 10.9. The quantitative estimate of drug-likeness (QED) is 0.151. The Hall–Kier alpha value is -4.39. The van der Waals surface area contributed by atoms with Crippen molar-refractivity contribution in [3.63, 3.8) is 0 Å². The number of aromatic amines is 1. The number of ether oxygens (including phenoxy) is 1. The van der Waals surface area contributed by atoms with Crippen molar-refractivity contribution in [2.45, 2.75) is 57.9 Å². The fraction of sp³-hybridized carbons (Fsp3) is 0.343. The third kappa shape index (κ3) is 7.08. The molecule has 2 heterocycles. The normalized spacial score (nSPS) is 14.0. The second-order valence-corrected chi connectivity index (χ2v) is 10.9. The number of fused-ring (bicyclic) bond motifs is 1. The number of H-pyrrole nitrogens is 1. The molecule has 1 atom stereocenters. The predicted octanol–water partition coefficient (Wildman–Crippen LogP) is 6.52. The molecular formula is C35H39N3O4. The third-order valence-corrected chi connectivity index (χ3v) is 7.88. The third-order valence-electron chi connectivity index (χ3n) is 7.88. The van der Waals surface area contributed by atoms with Crippen LogP contribution in [0.1, 0.15) is 78.5 Å². The maximum absolute atomic E-state index is 13.6. The number of nitrogens with zero attached hydrogens (tertiary/aromatic N) is 1. The average Bonchev–Trinajstić information content (AvgIpc) is 3.44. The lowest BCUT2D eigenvalue weighted by Gasteiger charge is -2.33. The zero-order valence-electron chi connectivity index (χ0n) is 24.2. The summed E-state index contributed by atoms with van der Waals surface area (Å²) in [5, 5.41) is 4.11. The minimum Gasteiger partial charge on any atom is -0.466 e. The van der Waals surface area contributed by atoms with Gasteiger partial charge in [-0.25, -0.2) is 0 Å². The number of ketones is 1. The molecule has 0 spiro atoms. The number of hydrogen-bond donors (Lipinski definition) is 2. The van der Waals surface area contributed by atoms with Gasteiger partial charge in [-0.1, -0.05) is 54.6 Å². The van der Waals surface area contributed by atoms with E-state index in [9.17, 15) is 14.4 Å². The van der Waals surface area contributed by atoms with E-state index in [0.29, 0.717) is 18.6 Å². The molecule has 1 fully saturated rings. The summed E-state index contributed by atoms with van der Waals surface area (Å²) < 4.78 is 4.96. The van der Waals surface area contributed by atoms with Crippen LogP contribution >= 0.6 is 0 Å². The number of carbonyl (C=O) groups is 3. The number of hydrogen-bond acceptors (Lipinski definition) is 5. The Kier molecular flexibility index (Phi) is 9.70. The van der Waals surface area contributed by atoms with Crippen LogP contribution in [0.25, 0.3) is 10.9 Å². The number of rotatable bonds is 12. The fourth-order valence-corrected chi connectivity index (χ4v) is 5.81. The number of aromatic nitrogens is 1. The van der Waals surface area contributed by atoms with Crippen molar-refractivity contribution in [1.82, 2.24) is 10.3 Å². The zero-order chi connectivity index (χ0) is 29.3. The Morgan fingerprint density at radius 2 is 1.69 bits per heavy atom. The molecule has 42 heavy (non-hydrogen) atoms. The van der Waals surface area contributed by atoms with E-state index >= 15 is 0 Å². The number of esters is 1. The van der Waals surface area contributed by atoms with E-state index in [-0.39, 0.29) is 43.0 Å². The molecule has 0 radical (unpaired) electrons. The number of piperidine rings is 1. The summed E-state index contributed by atoms with van der Waals surface area (Å²) in [5.74, 6) is -0.412. The molecule has 0 saturated carbocycles. The molecule has 1 amide bonds. The van der Waals surface area contributed by atoms with Gasteiger partial charge in [0.05, 0.1) is 19.1 Å². The monoisotopic (exact) mass is 565 g/mol. The topological polar surface area (TPSA) is 91.5 Å². The maximum atomic E-state index is 13.6. The minimum absolute atomic E-state index is 0.0365. The highest BCUT2D eigenvalue weighted by Gasteiger charge is 2.23. The summed E-state index contributed by atoms with van der Waals surface area (Å²) in [6.07, 6.45) is 6.41. The van der Waals surface area contributed by atoms with Crippen molar-refractivity contribution in [1.29, 1.82) is 0 Å². The lowest BCUT2D eigenvalue weighted by atomic mass is 9.95. The van der Waals surface area contributed by atoms with Crippen LogP contribution in [0.15, 0.2) is 79.0 Å². The molecule has 1 saturated heterocycles. The molecule has 1 aromatic heterocycles. The smallest absolute Gasteiger partial charge is 0.305 e. The fourth-order valence-electron chi connectivity index (χ4n) is 5.81. The van der Waals surface area contributed by atoms with Gasteiger partial charge in [0.2, 0.25) is 5.91 Å². The first-order chi connectivity index (χ1) is 20.5. The number of benzene rings is 3. The molecule has 0 aliphatic carbocycles. The standard InChI is InChI=1S/C35H39N3O4/c1-2-42-34(41)17-11-16-32(39)29-24-36-30-19-18-25(22-28(29)30)23-33(40)37-35(26-12-5-3-6-13-26)27-14-7-8-15-31(27)38-20-9-4-10-21-38/h3,5-8,12-15,18-19,22,24,35-36H,2,4,9-11,16-17,20-21,23H2,1H3,(H,37,40). The van der Waals surface area contributed by atoms with Crippen molar-refractivity contribution >= 4 is 34.3 Å². The molecular weight excluding hydrogens is 526 g/mol. The van der Waals surface area contributed by atoms with Gasteiger partial charge in [-0.15, -0.1) is 0 Å². The lowest BCUT2D eigenvalue weighted by Crippen LogP contribution is -2.34. The Morgan fingerprint density at radius 1 is 0.929 bits per heavy atom. The first-order valence-electron chi connectivity index (χ1n) is 15.0. The summed E-state index contributed by atoms with van der Waals surface area (Å²) in [5.41, 5.74) is 5.55. The Bertz CT molecular complexity index is 1520. The Morgan fingerprint density at radius 3 is 2.48 bits per heavy atom. The molecule has 0 bridgehead atoms. The number of anilines is 1. The summed E-state index contributed by atoms with van der Waals surface area (Å²) in [6.45, 7) is 4.14. The molecule has 7 heteroatoms. The highest BCUT2D eigenvalue weighted by atomic mass is 16.5. The molecule has 218 valence electrons. The van der Waals surface area contributed by atoms with Crippen molar-refractivity contribution in [3.05, 3.63) is 101 Å². The summed E-state index contributed by atoms with van der Waals surface area (Å²) in [4.78, 5) is 43.8. The van der Waals surface area contributed by atoms with E-state index in [2.05, 4.69) is 45.5 Å².